The number of fused-ring (bicyclic) bond motifs is 1. The summed E-state index contributed by atoms with van der Waals surface area (Å²) in [6.07, 6.45) is 5.26. The Morgan fingerprint density at radius 2 is 1.91 bits per heavy atom. The number of aliphatic hydroxyl groups excluding tert-OH is 1. The minimum Gasteiger partial charge on any atom is -0.393 e. The molecule has 1 aromatic carbocycles. The molecule has 1 aromatic rings. The van der Waals surface area contributed by atoms with E-state index in [1.165, 1.54) is 5.56 Å². The van der Waals surface area contributed by atoms with Crippen molar-refractivity contribution in [3.63, 3.8) is 0 Å². The highest BCUT2D eigenvalue weighted by molar-refractivity contribution is 7.92. The van der Waals surface area contributed by atoms with E-state index >= 15 is 0 Å². The molecule has 0 saturated heterocycles. The van der Waals surface area contributed by atoms with Crippen molar-refractivity contribution in [2.75, 3.05) is 0 Å². The zero-order valence-electron chi connectivity index (χ0n) is 14.0. The quantitative estimate of drug-likeness (QED) is 0.886. The van der Waals surface area contributed by atoms with Crippen LogP contribution in [0.2, 0.25) is 0 Å². The molecule has 1 fully saturated rings. The molecule has 23 heavy (non-hydrogen) atoms. The first-order chi connectivity index (χ1) is 10.9. The lowest BCUT2D eigenvalue weighted by atomic mass is 9.91. The Bertz CT molecular complexity index is 663. The van der Waals surface area contributed by atoms with E-state index in [-0.39, 0.29) is 12.1 Å². The maximum Gasteiger partial charge on any atom is 0.183 e. The Labute approximate surface area is 139 Å². The van der Waals surface area contributed by atoms with Crippen LogP contribution in [0.1, 0.15) is 63.1 Å². The van der Waals surface area contributed by atoms with E-state index in [0.29, 0.717) is 10.9 Å². The third-order valence-electron chi connectivity index (χ3n) is 5.33. The molecule has 2 atom stereocenters. The lowest BCUT2D eigenvalue weighted by Crippen LogP contribution is -2.40. The summed E-state index contributed by atoms with van der Waals surface area (Å²) in [5.74, 6) is 0. The summed E-state index contributed by atoms with van der Waals surface area (Å²) in [7, 11) is -3.24. The zero-order valence-corrected chi connectivity index (χ0v) is 14.8. The predicted molar refractivity (Wildman–Crippen MR) is 91.2 cm³/mol. The first-order valence-electron chi connectivity index (χ1n) is 8.74. The van der Waals surface area contributed by atoms with Gasteiger partial charge in [-0.25, -0.2) is 8.42 Å². The molecule has 128 valence electrons. The van der Waals surface area contributed by atoms with E-state index in [9.17, 15) is 13.5 Å². The molecule has 0 amide bonds. The molecule has 1 saturated carbocycles. The number of nitrogens with one attached hydrogen (secondary N) is 1. The highest BCUT2D eigenvalue weighted by Gasteiger charge is 2.43. The number of sulfone groups is 1. The first-order valence-corrected chi connectivity index (χ1v) is 10.3. The number of aliphatic hydroxyl groups is 1. The van der Waals surface area contributed by atoms with E-state index in [0.717, 1.165) is 44.1 Å². The molecule has 0 radical (unpaired) electrons. The van der Waals surface area contributed by atoms with Crippen molar-refractivity contribution in [2.24, 2.45) is 0 Å². The fourth-order valence-corrected chi connectivity index (χ4v) is 5.65. The van der Waals surface area contributed by atoms with Crippen molar-refractivity contribution in [3.8, 4) is 0 Å². The number of benzene rings is 1. The minimum atomic E-state index is -3.24. The Balaban J connectivity index is 1.88. The smallest absolute Gasteiger partial charge is 0.183 e. The average molecular weight is 337 g/mol. The van der Waals surface area contributed by atoms with Gasteiger partial charge in [-0.1, -0.05) is 25.5 Å². The Kier molecular flexibility index (Phi) is 4.81. The molecule has 2 aliphatic rings. The Morgan fingerprint density at radius 3 is 2.57 bits per heavy atom. The van der Waals surface area contributed by atoms with Crippen LogP contribution in [0.4, 0.5) is 0 Å². The number of aryl methyl sites for hydroxylation is 1. The van der Waals surface area contributed by atoms with E-state index < -0.39 is 15.1 Å². The molecule has 5 heteroatoms. The maximum absolute atomic E-state index is 12.7. The third-order valence-corrected chi connectivity index (χ3v) is 7.56. The van der Waals surface area contributed by atoms with Crippen molar-refractivity contribution in [1.82, 2.24) is 5.32 Å². The van der Waals surface area contributed by atoms with Gasteiger partial charge >= 0.3 is 0 Å². The van der Waals surface area contributed by atoms with Gasteiger partial charge in [0.05, 0.1) is 22.3 Å². The molecule has 3 rings (SSSR count). The van der Waals surface area contributed by atoms with Gasteiger partial charge in [0.1, 0.15) is 0 Å². The van der Waals surface area contributed by atoms with E-state index in [2.05, 4.69) is 18.3 Å². The van der Waals surface area contributed by atoms with E-state index in [4.69, 9.17) is 0 Å². The molecule has 1 aliphatic heterocycles. The summed E-state index contributed by atoms with van der Waals surface area (Å²) >= 11 is 0. The molecule has 2 unspecified atom stereocenters. The van der Waals surface area contributed by atoms with Gasteiger partial charge in [0.15, 0.2) is 9.84 Å². The molecule has 2 N–H and O–H groups in total. The summed E-state index contributed by atoms with van der Waals surface area (Å²) in [4.78, 5) is 0.498. The number of rotatable bonds is 4. The second-order valence-corrected chi connectivity index (χ2v) is 9.30. The largest absolute Gasteiger partial charge is 0.393 e. The lowest BCUT2D eigenvalue weighted by Gasteiger charge is -2.30. The lowest BCUT2D eigenvalue weighted by molar-refractivity contribution is 0.114. The molecule has 1 aliphatic carbocycles. The Morgan fingerprint density at radius 1 is 1.22 bits per heavy atom. The van der Waals surface area contributed by atoms with Crippen LogP contribution in [-0.2, 0) is 16.3 Å². The summed E-state index contributed by atoms with van der Waals surface area (Å²) < 4.78 is 25.4. The second kappa shape index (κ2) is 6.54. The van der Waals surface area contributed by atoms with Gasteiger partial charge in [-0.15, -0.1) is 0 Å². The van der Waals surface area contributed by atoms with Crippen LogP contribution < -0.4 is 5.32 Å². The normalized spacial score (nSPS) is 32.7. The zero-order chi connectivity index (χ0) is 16.6. The molecule has 1 heterocycles. The average Bonchev–Trinajstić information content (AvgIpc) is 2.71. The number of hydrogen-bond donors (Lipinski definition) is 2. The summed E-state index contributed by atoms with van der Waals surface area (Å²) in [6, 6.07) is 5.98. The summed E-state index contributed by atoms with van der Waals surface area (Å²) in [5.41, 5.74) is 2.15. The molecule has 0 aromatic heterocycles. The van der Waals surface area contributed by atoms with Crippen LogP contribution in [0.25, 0.3) is 0 Å². The van der Waals surface area contributed by atoms with Crippen LogP contribution in [0.5, 0.6) is 0 Å². The van der Waals surface area contributed by atoms with Gasteiger partial charge in [-0.3, -0.25) is 0 Å². The van der Waals surface area contributed by atoms with Gasteiger partial charge in [-0.2, -0.15) is 0 Å². The van der Waals surface area contributed by atoms with Crippen LogP contribution in [0.15, 0.2) is 23.1 Å². The van der Waals surface area contributed by atoms with Crippen molar-refractivity contribution in [2.45, 2.75) is 80.7 Å². The second-order valence-electron chi connectivity index (χ2n) is 7.02. The minimum absolute atomic E-state index is 0.132. The van der Waals surface area contributed by atoms with Crippen LogP contribution in [-0.4, -0.2) is 30.9 Å². The van der Waals surface area contributed by atoms with Crippen molar-refractivity contribution < 1.29 is 13.5 Å². The highest BCUT2D eigenvalue weighted by Crippen LogP contribution is 2.40. The predicted octanol–water partition coefficient (Wildman–Crippen LogP) is 2.75. The fraction of sp³-hybridized carbons (Fsp3) is 0.667. The van der Waals surface area contributed by atoms with Crippen molar-refractivity contribution in [1.29, 1.82) is 0 Å². The Hall–Kier alpha value is -0.910. The van der Waals surface area contributed by atoms with Gasteiger partial charge < -0.3 is 10.4 Å². The third kappa shape index (κ3) is 3.19. The number of hydrogen-bond acceptors (Lipinski definition) is 4. The summed E-state index contributed by atoms with van der Waals surface area (Å²) in [6.45, 7) is 3.94. The van der Waals surface area contributed by atoms with Crippen molar-refractivity contribution >= 4 is 9.84 Å². The summed E-state index contributed by atoms with van der Waals surface area (Å²) in [5, 5.41) is 12.8. The van der Waals surface area contributed by atoms with E-state index in [1.54, 1.807) is 6.07 Å². The van der Waals surface area contributed by atoms with Crippen LogP contribution >= 0.6 is 0 Å². The van der Waals surface area contributed by atoms with Crippen LogP contribution in [0.3, 0.4) is 0 Å². The van der Waals surface area contributed by atoms with Gasteiger partial charge in [0.2, 0.25) is 0 Å². The van der Waals surface area contributed by atoms with E-state index in [1.807, 2.05) is 13.0 Å². The molecular weight excluding hydrogens is 310 g/mol. The standard InChI is InChI=1S/C18H27NO3S/c1-3-4-13-5-10-17-16(11-13)18(12(2)23(17,21)22)19-14-6-8-15(20)9-7-14/h5,10-12,14-15,18-20H,3-4,6-9H2,1-2H3. The van der Waals surface area contributed by atoms with Gasteiger partial charge in [-0.05, 0) is 56.2 Å². The SMILES string of the molecule is CCCc1ccc2c(c1)C(NC1CCC(O)CC1)C(C)S2(=O)=O. The van der Waals surface area contributed by atoms with Gasteiger partial charge in [0, 0.05) is 6.04 Å². The molecule has 0 spiro atoms. The monoisotopic (exact) mass is 337 g/mol. The van der Waals surface area contributed by atoms with Gasteiger partial charge in [0.25, 0.3) is 0 Å². The molecule has 0 bridgehead atoms. The maximum atomic E-state index is 12.7. The fourth-order valence-electron chi connectivity index (χ4n) is 3.90. The first kappa shape index (κ1) is 16.9. The van der Waals surface area contributed by atoms with Crippen molar-refractivity contribution in [3.05, 3.63) is 29.3 Å². The topological polar surface area (TPSA) is 66.4 Å². The molecular formula is C18H27NO3S. The molecule has 4 nitrogen and oxygen atoms in total. The highest BCUT2D eigenvalue weighted by atomic mass is 32.2. The van der Waals surface area contributed by atoms with Crippen LogP contribution in [0, 0.1) is 0 Å².